The number of aromatic nitrogens is 3. The monoisotopic (exact) mass is 320 g/mol. The maximum Gasteiger partial charge on any atom is 0.416 e. The fourth-order valence-electron chi connectivity index (χ4n) is 2.07. The first-order valence-corrected chi connectivity index (χ1v) is 6.59. The predicted molar refractivity (Wildman–Crippen MR) is 77.1 cm³/mol. The third-order valence-electron chi connectivity index (χ3n) is 3.20. The van der Waals surface area contributed by atoms with Crippen LogP contribution in [0.15, 0.2) is 40.8 Å². The standard InChI is InChI=1S/C15H11F3N4O/c1-8-5-6-9(7-10(8)15(16,17)18)13-21-22-14(23-13)11-3-2-4-12(19)20-11/h2-7H,1H3,(H2,19,20). The lowest BCUT2D eigenvalue weighted by Crippen LogP contribution is -2.07. The Hall–Kier alpha value is -2.90. The van der Waals surface area contributed by atoms with Gasteiger partial charge < -0.3 is 10.2 Å². The molecule has 118 valence electrons. The Morgan fingerprint density at radius 3 is 2.48 bits per heavy atom. The first-order chi connectivity index (χ1) is 10.8. The van der Waals surface area contributed by atoms with Gasteiger partial charge in [-0.05, 0) is 36.8 Å². The summed E-state index contributed by atoms with van der Waals surface area (Å²) < 4.78 is 44.3. The van der Waals surface area contributed by atoms with E-state index >= 15 is 0 Å². The number of hydrogen-bond acceptors (Lipinski definition) is 5. The van der Waals surface area contributed by atoms with Crippen LogP contribution in [0.4, 0.5) is 19.0 Å². The van der Waals surface area contributed by atoms with Crippen molar-refractivity contribution in [2.24, 2.45) is 0 Å². The number of pyridine rings is 1. The molecule has 0 aliphatic rings. The molecule has 0 bridgehead atoms. The second-order valence-corrected chi connectivity index (χ2v) is 4.89. The Morgan fingerprint density at radius 2 is 1.78 bits per heavy atom. The fourth-order valence-corrected chi connectivity index (χ4v) is 2.07. The molecule has 3 aromatic rings. The number of benzene rings is 1. The van der Waals surface area contributed by atoms with Crippen LogP contribution in [0.1, 0.15) is 11.1 Å². The lowest BCUT2D eigenvalue weighted by molar-refractivity contribution is -0.138. The van der Waals surface area contributed by atoms with Crippen molar-refractivity contribution in [3.05, 3.63) is 47.5 Å². The van der Waals surface area contributed by atoms with E-state index in [1.807, 2.05) is 0 Å². The summed E-state index contributed by atoms with van der Waals surface area (Å²) in [4.78, 5) is 4.02. The fraction of sp³-hybridized carbons (Fsp3) is 0.133. The predicted octanol–water partition coefficient (Wildman–Crippen LogP) is 3.71. The maximum absolute atomic E-state index is 13.0. The number of nitrogens with zero attached hydrogens (tertiary/aromatic N) is 3. The SMILES string of the molecule is Cc1ccc(-c2nnc(-c3cccc(N)n3)o2)cc1C(F)(F)F. The summed E-state index contributed by atoms with van der Waals surface area (Å²) >= 11 is 0. The molecule has 23 heavy (non-hydrogen) atoms. The average molecular weight is 320 g/mol. The molecule has 0 radical (unpaired) electrons. The van der Waals surface area contributed by atoms with Crippen LogP contribution in [-0.4, -0.2) is 15.2 Å². The molecule has 0 saturated heterocycles. The average Bonchev–Trinajstić information content (AvgIpc) is 2.96. The summed E-state index contributed by atoms with van der Waals surface area (Å²) in [6.07, 6.45) is -4.45. The number of rotatable bonds is 2. The van der Waals surface area contributed by atoms with Crippen molar-refractivity contribution in [1.82, 2.24) is 15.2 Å². The number of hydrogen-bond donors (Lipinski definition) is 1. The van der Waals surface area contributed by atoms with Gasteiger partial charge >= 0.3 is 6.18 Å². The molecule has 2 N–H and O–H groups in total. The topological polar surface area (TPSA) is 77.8 Å². The first-order valence-electron chi connectivity index (χ1n) is 6.59. The number of nitrogen functional groups attached to an aromatic ring is 1. The minimum Gasteiger partial charge on any atom is -0.415 e. The Bertz CT molecular complexity index is 858. The Balaban J connectivity index is 2.01. The number of alkyl halides is 3. The lowest BCUT2D eigenvalue weighted by Gasteiger charge is -2.10. The van der Waals surface area contributed by atoms with E-state index < -0.39 is 11.7 Å². The molecule has 3 rings (SSSR count). The first kappa shape index (κ1) is 15.0. The van der Waals surface area contributed by atoms with Gasteiger partial charge in [-0.15, -0.1) is 10.2 Å². The van der Waals surface area contributed by atoms with E-state index in [0.29, 0.717) is 5.69 Å². The van der Waals surface area contributed by atoms with Crippen LogP contribution in [0.2, 0.25) is 0 Å². The van der Waals surface area contributed by atoms with E-state index in [1.54, 1.807) is 18.2 Å². The zero-order valence-electron chi connectivity index (χ0n) is 11.9. The van der Waals surface area contributed by atoms with E-state index in [4.69, 9.17) is 10.2 Å². The highest BCUT2D eigenvalue weighted by molar-refractivity contribution is 5.58. The van der Waals surface area contributed by atoms with Gasteiger partial charge in [-0.2, -0.15) is 13.2 Å². The number of aryl methyl sites for hydroxylation is 1. The van der Waals surface area contributed by atoms with E-state index in [2.05, 4.69) is 15.2 Å². The third kappa shape index (κ3) is 3.01. The van der Waals surface area contributed by atoms with Crippen LogP contribution < -0.4 is 5.73 Å². The Kier molecular flexibility index (Phi) is 3.51. The van der Waals surface area contributed by atoms with Gasteiger partial charge in [0, 0.05) is 5.56 Å². The molecule has 8 heteroatoms. The molecule has 1 aromatic carbocycles. The van der Waals surface area contributed by atoms with E-state index in [0.717, 1.165) is 6.07 Å². The van der Waals surface area contributed by atoms with Crippen LogP contribution in [0, 0.1) is 6.92 Å². The molecule has 0 aliphatic carbocycles. The van der Waals surface area contributed by atoms with Crippen LogP contribution in [-0.2, 0) is 6.18 Å². The van der Waals surface area contributed by atoms with Gasteiger partial charge in [-0.1, -0.05) is 12.1 Å². The van der Waals surface area contributed by atoms with Gasteiger partial charge in [-0.25, -0.2) is 4.98 Å². The minimum absolute atomic E-state index is 0.0188. The summed E-state index contributed by atoms with van der Waals surface area (Å²) in [5.74, 6) is 0.341. The molecule has 5 nitrogen and oxygen atoms in total. The van der Waals surface area contributed by atoms with Crippen molar-refractivity contribution in [3.63, 3.8) is 0 Å². The molecule has 0 unspecified atom stereocenters. The molecular weight excluding hydrogens is 309 g/mol. The number of nitrogens with two attached hydrogens (primary N) is 1. The highest BCUT2D eigenvalue weighted by Gasteiger charge is 2.33. The van der Waals surface area contributed by atoms with Crippen molar-refractivity contribution >= 4 is 5.82 Å². The Morgan fingerprint density at radius 1 is 1.04 bits per heavy atom. The van der Waals surface area contributed by atoms with Crippen molar-refractivity contribution in [2.75, 3.05) is 5.73 Å². The lowest BCUT2D eigenvalue weighted by atomic mass is 10.0. The van der Waals surface area contributed by atoms with Crippen LogP contribution >= 0.6 is 0 Å². The summed E-state index contributed by atoms with van der Waals surface area (Å²) in [6, 6.07) is 8.71. The normalized spacial score (nSPS) is 11.7. The molecule has 0 spiro atoms. The molecular formula is C15H11F3N4O. The molecule has 0 amide bonds. The Labute approximate surface area is 129 Å². The quantitative estimate of drug-likeness (QED) is 0.779. The molecule has 0 aliphatic heterocycles. The van der Waals surface area contributed by atoms with Crippen LogP contribution in [0.3, 0.4) is 0 Å². The van der Waals surface area contributed by atoms with E-state index in [-0.39, 0.29) is 28.7 Å². The van der Waals surface area contributed by atoms with Gasteiger partial charge in [-0.3, -0.25) is 0 Å². The smallest absolute Gasteiger partial charge is 0.415 e. The molecule has 2 aromatic heterocycles. The zero-order valence-corrected chi connectivity index (χ0v) is 11.9. The largest absolute Gasteiger partial charge is 0.416 e. The van der Waals surface area contributed by atoms with Crippen molar-refractivity contribution in [2.45, 2.75) is 13.1 Å². The summed E-state index contributed by atoms with van der Waals surface area (Å²) in [5, 5.41) is 7.58. The summed E-state index contributed by atoms with van der Waals surface area (Å²) in [5.41, 5.74) is 5.50. The minimum atomic E-state index is -4.45. The van der Waals surface area contributed by atoms with Gasteiger partial charge in [0.05, 0.1) is 5.56 Å². The second kappa shape index (κ2) is 5.38. The summed E-state index contributed by atoms with van der Waals surface area (Å²) in [7, 11) is 0. The third-order valence-corrected chi connectivity index (χ3v) is 3.20. The van der Waals surface area contributed by atoms with E-state index in [1.165, 1.54) is 19.1 Å². The summed E-state index contributed by atoms with van der Waals surface area (Å²) in [6.45, 7) is 1.39. The maximum atomic E-state index is 13.0. The molecule has 2 heterocycles. The highest BCUT2D eigenvalue weighted by Crippen LogP contribution is 2.34. The number of halogens is 3. The van der Waals surface area contributed by atoms with Gasteiger partial charge in [0.15, 0.2) is 0 Å². The highest BCUT2D eigenvalue weighted by atomic mass is 19.4. The second-order valence-electron chi connectivity index (χ2n) is 4.89. The van der Waals surface area contributed by atoms with E-state index in [9.17, 15) is 13.2 Å². The molecule has 0 fully saturated rings. The zero-order chi connectivity index (χ0) is 16.6. The van der Waals surface area contributed by atoms with Crippen LogP contribution in [0.5, 0.6) is 0 Å². The van der Waals surface area contributed by atoms with Crippen molar-refractivity contribution in [1.29, 1.82) is 0 Å². The van der Waals surface area contributed by atoms with Gasteiger partial charge in [0.1, 0.15) is 11.5 Å². The van der Waals surface area contributed by atoms with Gasteiger partial charge in [0.25, 0.3) is 5.89 Å². The van der Waals surface area contributed by atoms with Crippen molar-refractivity contribution < 1.29 is 17.6 Å². The van der Waals surface area contributed by atoms with Gasteiger partial charge in [0.2, 0.25) is 5.89 Å². The molecule has 0 atom stereocenters. The van der Waals surface area contributed by atoms with Crippen molar-refractivity contribution in [3.8, 4) is 23.0 Å². The molecule has 0 saturated carbocycles. The van der Waals surface area contributed by atoms with Crippen LogP contribution in [0.25, 0.3) is 23.0 Å². The number of anilines is 1.